The van der Waals surface area contributed by atoms with Crippen molar-refractivity contribution in [2.24, 2.45) is 0 Å². The maximum Gasteiger partial charge on any atom is 0.193 e. The Bertz CT molecular complexity index is 407. The molecule has 0 saturated heterocycles. The summed E-state index contributed by atoms with van der Waals surface area (Å²) in [5.74, 6) is 0. The van der Waals surface area contributed by atoms with E-state index in [9.17, 15) is 4.79 Å². The van der Waals surface area contributed by atoms with Crippen LogP contribution in [0.15, 0.2) is 28.7 Å². The molecule has 1 aromatic carbocycles. The topological polar surface area (TPSA) is 26.3 Å². The largest absolute Gasteiger partial charge is 0.403 e. The molecule has 1 atom stereocenters. The number of benzene rings is 1. The molecular weight excluding hydrogens is 308 g/mol. The summed E-state index contributed by atoms with van der Waals surface area (Å²) in [5, 5.41) is 0.101. The molecule has 0 aliphatic rings. The van der Waals surface area contributed by atoms with Crippen molar-refractivity contribution in [1.29, 1.82) is 0 Å². The number of aldehydes is 1. The van der Waals surface area contributed by atoms with Gasteiger partial charge in [-0.1, -0.05) is 48.8 Å². The maximum absolute atomic E-state index is 11.3. The number of rotatable bonds is 4. The van der Waals surface area contributed by atoms with Gasteiger partial charge in [0.25, 0.3) is 0 Å². The van der Waals surface area contributed by atoms with E-state index in [0.29, 0.717) is 0 Å². The summed E-state index contributed by atoms with van der Waals surface area (Å²) < 4.78 is 7.14. The highest BCUT2D eigenvalue weighted by Gasteiger charge is 2.39. The Labute approximate surface area is 119 Å². The fraction of sp³-hybridized carbons (Fsp3) is 0.500. The second-order valence-corrected chi connectivity index (χ2v) is 11.7. The van der Waals surface area contributed by atoms with Crippen LogP contribution in [-0.4, -0.2) is 14.6 Å². The van der Waals surface area contributed by atoms with Crippen molar-refractivity contribution in [3.05, 3.63) is 34.3 Å². The van der Waals surface area contributed by atoms with Gasteiger partial charge in [-0.15, -0.1) is 0 Å². The molecule has 0 spiro atoms. The minimum atomic E-state index is -1.93. The van der Waals surface area contributed by atoms with Crippen LogP contribution in [0.1, 0.15) is 32.4 Å². The van der Waals surface area contributed by atoms with Gasteiger partial charge in [0.2, 0.25) is 0 Å². The quantitative estimate of drug-likeness (QED) is 0.591. The fourth-order valence-corrected chi connectivity index (χ4v) is 2.77. The average molecular weight is 329 g/mol. The Balaban J connectivity index is 2.92. The Hall–Kier alpha value is -0.453. The first kappa shape index (κ1) is 15.6. The molecule has 100 valence electrons. The third-order valence-corrected chi connectivity index (χ3v) is 8.53. The third-order valence-electron chi connectivity index (χ3n) is 3.55. The number of hydrogen-bond acceptors (Lipinski definition) is 2. The summed E-state index contributed by atoms with van der Waals surface area (Å²) in [6.45, 7) is 10.8. The van der Waals surface area contributed by atoms with E-state index in [-0.39, 0.29) is 5.04 Å². The van der Waals surface area contributed by atoms with Gasteiger partial charge in [0, 0.05) is 4.47 Å². The number of hydrogen-bond donors (Lipinski definition) is 0. The fourth-order valence-electron chi connectivity index (χ4n) is 1.32. The lowest BCUT2D eigenvalue weighted by atomic mass is 10.1. The monoisotopic (exact) mass is 328 g/mol. The molecule has 1 rings (SSSR count). The van der Waals surface area contributed by atoms with Crippen molar-refractivity contribution in [2.75, 3.05) is 0 Å². The van der Waals surface area contributed by atoms with E-state index in [4.69, 9.17) is 4.43 Å². The van der Waals surface area contributed by atoms with Gasteiger partial charge in [-0.2, -0.15) is 0 Å². The number of halogens is 1. The summed E-state index contributed by atoms with van der Waals surface area (Å²) in [4.78, 5) is 11.3. The standard InChI is InChI=1S/C14H21BrO2Si/c1-14(2,3)18(4,5)17-13(10-16)11-6-8-12(15)9-7-11/h6-10,13H,1-5H3/t13-/m1/s1. The minimum Gasteiger partial charge on any atom is -0.403 e. The molecule has 0 radical (unpaired) electrons. The molecule has 0 aliphatic carbocycles. The predicted octanol–water partition coefficient (Wildman–Crippen LogP) is 4.71. The minimum absolute atomic E-state index is 0.101. The van der Waals surface area contributed by atoms with Gasteiger partial charge in [-0.3, -0.25) is 0 Å². The van der Waals surface area contributed by atoms with Crippen LogP contribution in [0.25, 0.3) is 0 Å². The van der Waals surface area contributed by atoms with Crippen molar-refractivity contribution >= 4 is 30.5 Å². The summed E-state index contributed by atoms with van der Waals surface area (Å²) in [6.07, 6.45) is 0.433. The van der Waals surface area contributed by atoms with Crippen molar-refractivity contribution in [3.8, 4) is 0 Å². The molecule has 0 N–H and O–H groups in total. The molecule has 0 aromatic heterocycles. The van der Waals surface area contributed by atoms with Crippen LogP contribution in [0.4, 0.5) is 0 Å². The molecule has 0 aliphatic heterocycles. The number of carbonyl (C=O) groups is 1. The van der Waals surface area contributed by atoms with Crippen LogP contribution >= 0.6 is 15.9 Å². The molecule has 0 fully saturated rings. The molecule has 0 saturated carbocycles. The Morgan fingerprint density at radius 1 is 1.22 bits per heavy atom. The van der Waals surface area contributed by atoms with E-state index in [1.54, 1.807) is 0 Å². The third kappa shape index (κ3) is 3.77. The van der Waals surface area contributed by atoms with Crippen LogP contribution in [0.5, 0.6) is 0 Å². The summed E-state index contributed by atoms with van der Waals surface area (Å²) in [7, 11) is -1.93. The molecule has 1 aromatic rings. The highest BCUT2D eigenvalue weighted by Crippen LogP contribution is 2.39. The van der Waals surface area contributed by atoms with E-state index in [0.717, 1.165) is 16.3 Å². The van der Waals surface area contributed by atoms with Gasteiger partial charge in [-0.05, 0) is 35.8 Å². The van der Waals surface area contributed by atoms with Crippen LogP contribution in [0.2, 0.25) is 18.1 Å². The van der Waals surface area contributed by atoms with Crippen molar-refractivity contribution in [1.82, 2.24) is 0 Å². The maximum atomic E-state index is 11.3. The summed E-state index contributed by atoms with van der Waals surface area (Å²) >= 11 is 3.39. The zero-order valence-electron chi connectivity index (χ0n) is 11.7. The van der Waals surface area contributed by atoms with E-state index >= 15 is 0 Å². The molecule has 0 amide bonds. The lowest BCUT2D eigenvalue weighted by molar-refractivity contribution is -0.114. The predicted molar refractivity (Wildman–Crippen MR) is 81.2 cm³/mol. The Morgan fingerprint density at radius 3 is 2.11 bits per heavy atom. The summed E-state index contributed by atoms with van der Waals surface area (Å²) in [5.41, 5.74) is 0.915. The normalized spacial score (nSPS) is 14.3. The van der Waals surface area contributed by atoms with Crippen molar-refractivity contribution in [3.63, 3.8) is 0 Å². The zero-order chi connectivity index (χ0) is 14.0. The average Bonchev–Trinajstić information content (AvgIpc) is 2.25. The second-order valence-electron chi connectivity index (χ2n) is 5.99. The molecule has 0 unspecified atom stereocenters. The SMILES string of the molecule is CC(C)(C)[Si](C)(C)O[C@H](C=O)c1ccc(Br)cc1. The van der Waals surface area contributed by atoms with Gasteiger partial charge < -0.3 is 9.22 Å². The van der Waals surface area contributed by atoms with Crippen molar-refractivity contribution in [2.45, 2.75) is 45.0 Å². The van der Waals surface area contributed by atoms with E-state index < -0.39 is 14.4 Å². The molecule has 0 bridgehead atoms. The van der Waals surface area contributed by atoms with Crippen LogP contribution in [-0.2, 0) is 9.22 Å². The first-order valence-electron chi connectivity index (χ1n) is 6.06. The first-order valence-corrected chi connectivity index (χ1v) is 9.76. The van der Waals surface area contributed by atoms with E-state index in [1.807, 2.05) is 24.3 Å². The Morgan fingerprint density at radius 2 is 1.72 bits per heavy atom. The molecule has 0 heterocycles. The first-order chi connectivity index (χ1) is 8.17. The van der Waals surface area contributed by atoms with E-state index in [2.05, 4.69) is 49.8 Å². The molecule has 4 heteroatoms. The molecule has 2 nitrogen and oxygen atoms in total. The van der Waals surface area contributed by atoms with Crippen LogP contribution < -0.4 is 0 Å². The smallest absolute Gasteiger partial charge is 0.193 e. The molecule has 18 heavy (non-hydrogen) atoms. The lowest BCUT2D eigenvalue weighted by Gasteiger charge is -2.38. The van der Waals surface area contributed by atoms with Crippen molar-refractivity contribution < 1.29 is 9.22 Å². The van der Waals surface area contributed by atoms with E-state index in [1.165, 1.54) is 0 Å². The highest BCUT2D eigenvalue weighted by molar-refractivity contribution is 9.10. The van der Waals surface area contributed by atoms with Gasteiger partial charge in [0.1, 0.15) is 6.10 Å². The summed E-state index contributed by atoms with van der Waals surface area (Å²) in [6, 6.07) is 7.72. The van der Waals surface area contributed by atoms with Crippen LogP contribution in [0.3, 0.4) is 0 Å². The van der Waals surface area contributed by atoms with Gasteiger partial charge >= 0.3 is 0 Å². The molecular formula is C14H21BrO2Si. The van der Waals surface area contributed by atoms with Gasteiger partial charge in [0.15, 0.2) is 14.6 Å². The highest BCUT2D eigenvalue weighted by atomic mass is 79.9. The lowest BCUT2D eigenvalue weighted by Crippen LogP contribution is -2.42. The Kier molecular flexibility index (Phi) is 4.92. The zero-order valence-corrected chi connectivity index (χ0v) is 14.2. The second kappa shape index (κ2) is 5.68. The number of carbonyl (C=O) groups excluding carboxylic acids is 1. The van der Waals surface area contributed by atoms with Gasteiger partial charge in [0.05, 0.1) is 0 Å². The van der Waals surface area contributed by atoms with Gasteiger partial charge in [-0.25, -0.2) is 0 Å². The van der Waals surface area contributed by atoms with Crippen LogP contribution in [0, 0.1) is 0 Å².